The summed E-state index contributed by atoms with van der Waals surface area (Å²) in [4.78, 5) is 25.4. The monoisotopic (exact) mass is 409 g/mol. The van der Waals surface area contributed by atoms with Crippen LogP contribution in [0.25, 0.3) is 0 Å². The van der Waals surface area contributed by atoms with Crippen molar-refractivity contribution in [2.45, 2.75) is 11.8 Å². The Hall–Kier alpha value is -2.38. The van der Waals surface area contributed by atoms with Gasteiger partial charge in [0.05, 0.1) is 19.9 Å². The van der Waals surface area contributed by atoms with Crippen LogP contribution < -0.4 is 14.8 Å². The first-order valence-electron chi connectivity index (χ1n) is 7.92. The van der Waals surface area contributed by atoms with Crippen LogP contribution in [0.2, 0.25) is 5.02 Å². The number of methoxy groups -OCH3 is 2. The van der Waals surface area contributed by atoms with Crippen LogP contribution in [0.3, 0.4) is 0 Å². The molecule has 2 aromatic rings. The molecule has 0 aliphatic carbocycles. The highest BCUT2D eigenvalue weighted by molar-refractivity contribution is 7.98. The first kappa shape index (κ1) is 20.9. The number of benzene rings is 2. The van der Waals surface area contributed by atoms with Gasteiger partial charge in [-0.25, -0.2) is 4.79 Å². The van der Waals surface area contributed by atoms with E-state index in [9.17, 15) is 9.59 Å². The number of ether oxygens (including phenoxy) is 3. The predicted molar refractivity (Wildman–Crippen MR) is 106 cm³/mol. The molecular formula is C19H20ClNO5S. The second-order valence-electron chi connectivity index (χ2n) is 5.49. The Kier molecular flexibility index (Phi) is 7.38. The van der Waals surface area contributed by atoms with Crippen molar-refractivity contribution in [2.75, 3.05) is 32.4 Å². The summed E-state index contributed by atoms with van der Waals surface area (Å²) < 4.78 is 15.5. The lowest BCUT2D eigenvalue weighted by Crippen LogP contribution is -2.21. The Balaban J connectivity index is 2.04. The van der Waals surface area contributed by atoms with Crippen molar-refractivity contribution in [2.24, 2.45) is 0 Å². The van der Waals surface area contributed by atoms with Gasteiger partial charge >= 0.3 is 5.97 Å². The summed E-state index contributed by atoms with van der Waals surface area (Å²) in [6.45, 7) is 1.36. The number of amides is 1. The second kappa shape index (κ2) is 9.53. The highest BCUT2D eigenvalue weighted by atomic mass is 35.5. The van der Waals surface area contributed by atoms with Gasteiger partial charge in [0.25, 0.3) is 5.91 Å². The molecule has 0 aliphatic heterocycles. The average molecular weight is 410 g/mol. The van der Waals surface area contributed by atoms with Crippen molar-refractivity contribution >= 4 is 40.9 Å². The number of anilines is 1. The molecule has 1 amide bonds. The molecule has 0 bridgehead atoms. The molecule has 2 rings (SSSR count). The van der Waals surface area contributed by atoms with Crippen LogP contribution in [0.4, 0.5) is 5.69 Å². The number of rotatable bonds is 7. The van der Waals surface area contributed by atoms with E-state index in [-0.39, 0.29) is 5.56 Å². The van der Waals surface area contributed by atoms with Crippen molar-refractivity contribution in [1.82, 2.24) is 0 Å². The van der Waals surface area contributed by atoms with E-state index in [4.69, 9.17) is 25.8 Å². The fraction of sp³-hybridized carbons (Fsp3) is 0.263. The van der Waals surface area contributed by atoms with Crippen molar-refractivity contribution in [3.63, 3.8) is 0 Å². The second-order valence-corrected chi connectivity index (χ2v) is 6.78. The van der Waals surface area contributed by atoms with Crippen LogP contribution in [0.1, 0.15) is 15.9 Å². The Morgan fingerprint density at radius 2 is 1.81 bits per heavy atom. The number of hydrogen-bond acceptors (Lipinski definition) is 6. The lowest BCUT2D eigenvalue weighted by Gasteiger charge is -2.13. The molecule has 0 saturated carbocycles. The summed E-state index contributed by atoms with van der Waals surface area (Å²) >= 11 is 7.57. The Bertz CT molecular complexity index is 856. The SMILES string of the molecule is COc1cc(Cl)c(C)cc1NC(=O)COC(=O)c1ccc(SC)cc1OC. The molecule has 0 fully saturated rings. The van der Waals surface area contributed by atoms with E-state index in [1.165, 1.54) is 26.0 Å². The van der Waals surface area contributed by atoms with Gasteiger partial charge in [-0.05, 0) is 43.0 Å². The first-order chi connectivity index (χ1) is 12.9. The molecule has 0 aromatic heterocycles. The molecule has 0 radical (unpaired) electrons. The molecule has 0 saturated heterocycles. The van der Waals surface area contributed by atoms with Crippen LogP contribution in [0.15, 0.2) is 35.2 Å². The van der Waals surface area contributed by atoms with Gasteiger partial charge in [0.15, 0.2) is 6.61 Å². The molecule has 0 heterocycles. The number of hydrogen-bond donors (Lipinski definition) is 1. The number of halogens is 1. The molecule has 0 spiro atoms. The lowest BCUT2D eigenvalue weighted by atomic mass is 10.2. The maximum atomic E-state index is 12.3. The summed E-state index contributed by atoms with van der Waals surface area (Å²) in [5, 5.41) is 3.17. The molecule has 0 unspecified atom stereocenters. The molecule has 27 heavy (non-hydrogen) atoms. The third kappa shape index (κ3) is 5.30. The van der Waals surface area contributed by atoms with Gasteiger partial charge in [-0.3, -0.25) is 4.79 Å². The fourth-order valence-electron chi connectivity index (χ4n) is 2.29. The average Bonchev–Trinajstić information content (AvgIpc) is 2.68. The minimum atomic E-state index is -0.645. The normalized spacial score (nSPS) is 10.3. The minimum absolute atomic E-state index is 0.253. The highest BCUT2D eigenvalue weighted by Gasteiger charge is 2.17. The van der Waals surface area contributed by atoms with Gasteiger partial charge in [0.1, 0.15) is 17.1 Å². The highest BCUT2D eigenvalue weighted by Crippen LogP contribution is 2.31. The van der Waals surface area contributed by atoms with E-state index >= 15 is 0 Å². The van der Waals surface area contributed by atoms with Crippen molar-refractivity contribution < 1.29 is 23.8 Å². The Morgan fingerprint density at radius 1 is 1.11 bits per heavy atom. The maximum absolute atomic E-state index is 12.3. The first-order valence-corrected chi connectivity index (χ1v) is 9.53. The molecule has 1 N–H and O–H groups in total. The number of esters is 1. The number of carbonyl (C=O) groups excluding carboxylic acids is 2. The maximum Gasteiger partial charge on any atom is 0.342 e. The van der Waals surface area contributed by atoms with Crippen LogP contribution in [-0.2, 0) is 9.53 Å². The largest absolute Gasteiger partial charge is 0.496 e. The summed E-state index contributed by atoms with van der Waals surface area (Å²) in [6.07, 6.45) is 1.92. The van der Waals surface area contributed by atoms with Crippen molar-refractivity contribution in [3.8, 4) is 11.5 Å². The third-order valence-electron chi connectivity index (χ3n) is 3.72. The number of nitrogens with one attached hydrogen (secondary N) is 1. The molecule has 6 nitrogen and oxygen atoms in total. The number of aryl methyl sites for hydroxylation is 1. The number of thioether (sulfide) groups is 1. The molecule has 8 heteroatoms. The molecule has 0 aliphatic rings. The number of carbonyl (C=O) groups is 2. The van der Waals surface area contributed by atoms with Gasteiger partial charge in [-0.1, -0.05) is 11.6 Å². The summed E-state index contributed by atoms with van der Waals surface area (Å²) in [5.74, 6) is -0.334. The van der Waals surface area contributed by atoms with Crippen molar-refractivity contribution in [1.29, 1.82) is 0 Å². The smallest absolute Gasteiger partial charge is 0.342 e. The molecule has 2 aromatic carbocycles. The summed E-state index contributed by atoms with van der Waals surface area (Å²) in [6, 6.07) is 8.42. The Morgan fingerprint density at radius 3 is 2.44 bits per heavy atom. The van der Waals surface area contributed by atoms with Crippen LogP contribution in [0.5, 0.6) is 11.5 Å². The van der Waals surface area contributed by atoms with E-state index in [1.54, 1.807) is 30.3 Å². The zero-order valence-electron chi connectivity index (χ0n) is 15.4. The third-order valence-corrected chi connectivity index (χ3v) is 4.85. The lowest BCUT2D eigenvalue weighted by molar-refractivity contribution is -0.119. The van der Waals surface area contributed by atoms with Gasteiger partial charge in [0.2, 0.25) is 0 Å². The van der Waals surface area contributed by atoms with E-state index < -0.39 is 18.5 Å². The Labute approximate surface area is 167 Å². The zero-order chi connectivity index (χ0) is 20.0. The van der Waals surface area contributed by atoms with E-state index in [2.05, 4.69) is 5.32 Å². The van der Waals surface area contributed by atoms with E-state index in [0.29, 0.717) is 22.2 Å². The van der Waals surface area contributed by atoms with Gasteiger partial charge in [-0.2, -0.15) is 0 Å². The predicted octanol–water partition coefficient (Wildman–Crippen LogP) is 4.18. The molecular weight excluding hydrogens is 390 g/mol. The fourth-order valence-corrected chi connectivity index (χ4v) is 2.87. The minimum Gasteiger partial charge on any atom is -0.496 e. The summed E-state index contributed by atoms with van der Waals surface area (Å²) in [7, 11) is 2.94. The standard InChI is InChI=1S/C19H20ClNO5S/c1-11-7-15(17(25-3)9-14(11)20)21-18(22)10-26-19(23)13-6-5-12(27-4)8-16(13)24-2/h5-9H,10H2,1-4H3,(H,21,22). The van der Waals surface area contributed by atoms with Gasteiger partial charge in [-0.15, -0.1) is 11.8 Å². The molecule has 0 atom stereocenters. The zero-order valence-corrected chi connectivity index (χ0v) is 17.0. The van der Waals surface area contributed by atoms with Crippen LogP contribution in [0, 0.1) is 6.92 Å². The van der Waals surface area contributed by atoms with E-state index in [0.717, 1.165) is 10.5 Å². The van der Waals surface area contributed by atoms with Gasteiger partial charge < -0.3 is 19.5 Å². The summed E-state index contributed by atoms with van der Waals surface area (Å²) in [5.41, 5.74) is 1.48. The quantitative estimate of drug-likeness (QED) is 0.546. The topological polar surface area (TPSA) is 73.9 Å². The van der Waals surface area contributed by atoms with Crippen LogP contribution >= 0.6 is 23.4 Å². The molecule has 144 valence electrons. The van der Waals surface area contributed by atoms with Gasteiger partial charge in [0, 0.05) is 16.0 Å². The van der Waals surface area contributed by atoms with E-state index in [1.807, 2.05) is 13.2 Å². The van der Waals surface area contributed by atoms with Crippen LogP contribution in [-0.4, -0.2) is 39.0 Å². The van der Waals surface area contributed by atoms with Crippen molar-refractivity contribution in [3.05, 3.63) is 46.5 Å².